The molecule has 1 amide bonds. The van der Waals surface area contributed by atoms with Gasteiger partial charge in [-0.2, -0.15) is 4.98 Å². The number of aryl methyl sites for hydroxylation is 1. The van der Waals surface area contributed by atoms with Crippen molar-refractivity contribution >= 4 is 52.4 Å². The number of allylic oxidation sites excluding steroid dienone is 1. The van der Waals surface area contributed by atoms with Gasteiger partial charge in [-0.15, -0.1) is 0 Å². The number of nitrogens with zero attached hydrogens (tertiary/aromatic N) is 4. The molecule has 3 aromatic heterocycles. The van der Waals surface area contributed by atoms with E-state index in [2.05, 4.69) is 30.9 Å². The maximum atomic E-state index is 13.7. The quantitative estimate of drug-likeness (QED) is 0.178. The summed E-state index contributed by atoms with van der Waals surface area (Å²) in [7, 11) is 0. The molecule has 0 aliphatic carbocycles. The molecule has 6 rings (SSSR count). The molecule has 44 heavy (non-hydrogen) atoms. The minimum absolute atomic E-state index is 0.0359. The average Bonchev–Trinajstić information content (AvgIpc) is 3.38. The Morgan fingerprint density at radius 3 is 2.59 bits per heavy atom. The number of aromatic carboxylic acids is 1. The van der Waals surface area contributed by atoms with E-state index in [1.807, 2.05) is 25.1 Å². The molecule has 13 heteroatoms. The van der Waals surface area contributed by atoms with Crippen molar-refractivity contribution in [3.63, 3.8) is 0 Å². The van der Waals surface area contributed by atoms with E-state index in [4.69, 9.17) is 21.0 Å². The molecular weight excluding hydrogens is 589 g/mol. The van der Waals surface area contributed by atoms with Gasteiger partial charge < -0.3 is 20.2 Å². The molecule has 0 fully saturated rings. The van der Waals surface area contributed by atoms with E-state index < -0.39 is 23.7 Å². The minimum atomic E-state index is -1.16. The van der Waals surface area contributed by atoms with Crippen LogP contribution in [-0.4, -0.2) is 37.9 Å². The predicted octanol–water partition coefficient (Wildman–Crippen LogP) is 6.11. The molecule has 220 valence electrons. The SMILES string of the molecule is CC1=C(C(=O)Nc2cc(C(=O)O)ccn2)C(c2ccc(-c3ccc(C)nc3)cc2Cl)N=C(Nc2nc3ccc(F)cc3o2)N1. The number of anilines is 2. The van der Waals surface area contributed by atoms with E-state index in [0.717, 1.165) is 16.8 Å². The summed E-state index contributed by atoms with van der Waals surface area (Å²) >= 11 is 6.82. The Hall–Kier alpha value is -5.62. The molecule has 0 saturated carbocycles. The maximum absolute atomic E-state index is 13.7. The largest absolute Gasteiger partial charge is 0.478 e. The highest BCUT2D eigenvalue weighted by Crippen LogP contribution is 2.37. The number of guanidine groups is 1. The second-order valence-corrected chi connectivity index (χ2v) is 10.3. The van der Waals surface area contributed by atoms with Crippen molar-refractivity contribution in [1.29, 1.82) is 0 Å². The second-order valence-electron chi connectivity index (χ2n) is 9.91. The molecule has 4 N–H and O–H groups in total. The van der Waals surface area contributed by atoms with Gasteiger partial charge in [0, 0.05) is 46.0 Å². The molecule has 1 atom stereocenters. The number of rotatable bonds is 6. The highest BCUT2D eigenvalue weighted by Gasteiger charge is 2.32. The predicted molar refractivity (Wildman–Crippen MR) is 163 cm³/mol. The number of aromatic nitrogens is 3. The number of aliphatic imine (C=N–C) groups is 1. The van der Waals surface area contributed by atoms with Gasteiger partial charge in [0.25, 0.3) is 5.91 Å². The number of benzene rings is 2. The first kappa shape index (κ1) is 28.5. The van der Waals surface area contributed by atoms with E-state index in [9.17, 15) is 19.1 Å². The monoisotopic (exact) mass is 611 g/mol. The lowest BCUT2D eigenvalue weighted by Crippen LogP contribution is -2.37. The topological polar surface area (TPSA) is 155 Å². The fourth-order valence-electron chi connectivity index (χ4n) is 4.69. The minimum Gasteiger partial charge on any atom is -0.478 e. The Labute approximate surface area is 254 Å². The van der Waals surface area contributed by atoms with Crippen molar-refractivity contribution in [2.45, 2.75) is 19.9 Å². The van der Waals surface area contributed by atoms with Crippen LogP contribution >= 0.6 is 11.6 Å². The molecule has 4 heterocycles. The van der Waals surface area contributed by atoms with E-state index in [0.29, 0.717) is 21.8 Å². The number of carboxylic acid groups (broad SMARTS) is 1. The molecule has 0 bridgehead atoms. The van der Waals surface area contributed by atoms with Gasteiger partial charge in [0.05, 0.1) is 11.1 Å². The van der Waals surface area contributed by atoms with E-state index in [-0.39, 0.29) is 34.5 Å². The summed E-state index contributed by atoms with van der Waals surface area (Å²) in [6, 6.07) is 14.9. The lowest BCUT2D eigenvalue weighted by molar-refractivity contribution is -0.113. The van der Waals surface area contributed by atoms with Crippen LogP contribution in [0.15, 0.2) is 93.7 Å². The maximum Gasteiger partial charge on any atom is 0.335 e. The number of carbonyl (C=O) groups excluding carboxylic acids is 1. The first-order valence-electron chi connectivity index (χ1n) is 13.3. The number of pyridine rings is 2. The van der Waals surface area contributed by atoms with Gasteiger partial charge in [-0.25, -0.2) is 19.2 Å². The van der Waals surface area contributed by atoms with E-state index in [1.165, 1.54) is 36.5 Å². The van der Waals surface area contributed by atoms with Gasteiger partial charge in [0.2, 0.25) is 5.96 Å². The first-order valence-corrected chi connectivity index (χ1v) is 13.6. The smallest absolute Gasteiger partial charge is 0.335 e. The van der Waals surface area contributed by atoms with Crippen molar-refractivity contribution in [2.75, 3.05) is 10.6 Å². The fraction of sp³-hybridized carbons (Fsp3) is 0.0968. The Morgan fingerprint density at radius 2 is 1.84 bits per heavy atom. The van der Waals surface area contributed by atoms with Crippen molar-refractivity contribution in [2.24, 2.45) is 4.99 Å². The molecule has 11 nitrogen and oxygen atoms in total. The number of fused-ring (bicyclic) bond motifs is 1. The Morgan fingerprint density at radius 1 is 1.02 bits per heavy atom. The zero-order valence-corrected chi connectivity index (χ0v) is 24.0. The van der Waals surface area contributed by atoms with Crippen LogP contribution in [0.1, 0.15) is 34.6 Å². The lowest BCUT2D eigenvalue weighted by atomic mass is 9.94. The summed E-state index contributed by atoms with van der Waals surface area (Å²) in [5.74, 6) is -1.95. The number of hydrogen-bond acceptors (Lipinski definition) is 9. The summed E-state index contributed by atoms with van der Waals surface area (Å²) < 4.78 is 19.3. The van der Waals surface area contributed by atoms with Crippen LogP contribution in [0.2, 0.25) is 5.02 Å². The molecule has 2 aromatic carbocycles. The molecule has 1 aliphatic rings. The van der Waals surface area contributed by atoms with Crippen LogP contribution in [0.3, 0.4) is 0 Å². The Bertz CT molecular complexity index is 2010. The summed E-state index contributed by atoms with van der Waals surface area (Å²) in [6.45, 7) is 3.58. The normalized spacial score (nSPS) is 14.6. The molecule has 0 spiro atoms. The zero-order chi connectivity index (χ0) is 31.0. The lowest BCUT2D eigenvalue weighted by Gasteiger charge is -2.27. The third-order valence-electron chi connectivity index (χ3n) is 6.85. The molecule has 5 aromatic rings. The number of oxazole rings is 1. The van der Waals surface area contributed by atoms with Gasteiger partial charge >= 0.3 is 12.0 Å². The van der Waals surface area contributed by atoms with Gasteiger partial charge in [-0.3, -0.25) is 15.1 Å². The standard InChI is InChI=1S/C31H23ClFN7O4/c1-15-3-4-19(14-35-15)17-5-7-21(22(32)11-17)27-26(28(41)38-25-12-18(29(42)43)9-10-34-25)16(2)36-30(39-27)40-31-37-23-8-6-20(33)13-24(23)44-31/h3-14,27H,1-2H3,(H,42,43)(H,34,38,41)(H2,36,37,39,40). The van der Waals surface area contributed by atoms with Crippen LogP contribution in [-0.2, 0) is 4.79 Å². The summed E-state index contributed by atoms with van der Waals surface area (Å²) in [5.41, 5.74) is 4.36. The fourth-order valence-corrected chi connectivity index (χ4v) is 4.98. The number of carbonyl (C=O) groups is 2. The van der Waals surface area contributed by atoms with Crippen LogP contribution in [0, 0.1) is 12.7 Å². The van der Waals surface area contributed by atoms with E-state index >= 15 is 0 Å². The Kier molecular flexibility index (Phi) is 7.50. The average molecular weight is 612 g/mol. The van der Waals surface area contributed by atoms with Crippen LogP contribution in [0.4, 0.5) is 16.2 Å². The Balaban J connectivity index is 1.37. The van der Waals surface area contributed by atoms with Crippen molar-refractivity contribution in [1.82, 2.24) is 20.3 Å². The van der Waals surface area contributed by atoms with Crippen molar-refractivity contribution in [3.8, 4) is 11.1 Å². The molecule has 0 saturated heterocycles. The third kappa shape index (κ3) is 5.83. The number of nitrogens with one attached hydrogen (secondary N) is 3. The van der Waals surface area contributed by atoms with Gasteiger partial charge in [-0.05, 0) is 55.8 Å². The second kappa shape index (κ2) is 11.6. The summed E-state index contributed by atoms with van der Waals surface area (Å²) in [6.07, 6.45) is 3.04. The first-order chi connectivity index (χ1) is 21.1. The van der Waals surface area contributed by atoms with Crippen LogP contribution in [0.25, 0.3) is 22.2 Å². The number of hydrogen-bond donors (Lipinski definition) is 4. The van der Waals surface area contributed by atoms with Gasteiger partial charge in [-0.1, -0.05) is 29.8 Å². The van der Waals surface area contributed by atoms with Crippen LogP contribution < -0.4 is 16.0 Å². The molecule has 1 unspecified atom stereocenters. The summed E-state index contributed by atoms with van der Waals surface area (Å²) in [5, 5.41) is 18.4. The molecule has 1 aliphatic heterocycles. The van der Waals surface area contributed by atoms with Crippen molar-refractivity contribution in [3.05, 3.63) is 112 Å². The summed E-state index contributed by atoms with van der Waals surface area (Å²) in [4.78, 5) is 42.6. The zero-order valence-electron chi connectivity index (χ0n) is 23.2. The van der Waals surface area contributed by atoms with Crippen molar-refractivity contribution < 1.29 is 23.5 Å². The van der Waals surface area contributed by atoms with E-state index in [1.54, 1.807) is 25.3 Å². The van der Waals surface area contributed by atoms with Crippen LogP contribution in [0.5, 0.6) is 0 Å². The highest BCUT2D eigenvalue weighted by atomic mass is 35.5. The number of halogens is 2. The molecule has 0 radical (unpaired) electrons. The number of carboxylic acids is 1. The van der Waals surface area contributed by atoms with Gasteiger partial charge in [0.15, 0.2) is 5.58 Å². The van der Waals surface area contributed by atoms with Gasteiger partial charge in [0.1, 0.15) is 23.2 Å². The third-order valence-corrected chi connectivity index (χ3v) is 7.18. The highest BCUT2D eigenvalue weighted by molar-refractivity contribution is 6.32. The number of amides is 1. The molecular formula is C31H23ClFN7O4.